The lowest BCUT2D eigenvalue weighted by Gasteiger charge is -2.19. The molecule has 88 valence electrons. The van der Waals surface area contributed by atoms with Gasteiger partial charge in [0.15, 0.2) is 0 Å². The van der Waals surface area contributed by atoms with Crippen LogP contribution < -0.4 is 0 Å². The SMILES string of the molecule is CN(C)C(=O)C(F)(F)Sc1ccc(Br)cc1. The first-order valence-corrected chi connectivity index (χ1v) is 5.98. The van der Waals surface area contributed by atoms with Crippen LogP contribution in [0.3, 0.4) is 0 Å². The van der Waals surface area contributed by atoms with Crippen molar-refractivity contribution in [1.29, 1.82) is 0 Å². The third kappa shape index (κ3) is 3.45. The van der Waals surface area contributed by atoms with E-state index < -0.39 is 11.2 Å². The monoisotopic (exact) mass is 309 g/mol. The molecule has 0 N–H and O–H groups in total. The molecule has 1 aromatic rings. The molecule has 0 fully saturated rings. The normalized spacial score (nSPS) is 11.3. The van der Waals surface area contributed by atoms with Crippen LogP contribution in [0.2, 0.25) is 0 Å². The molecule has 16 heavy (non-hydrogen) atoms. The van der Waals surface area contributed by atoms with Gasteiger partial charge in [-0.1, -0.05) is 15.9 Å². The van der Waals surface area contributed by atoms with Gasteiger partial charge in [0, 0.05) is 23.5 Å². The van der Waals surface area contributed by atoms with E-state index in [2.05, 4.69) is 15.9 Å². The number of carbonyl (C=O) groups is 1. The lowest BCUT2D eigenvalue weighted by atomic mass is 10.4. The van der Waals surface area contributed by atoms with Gasteiger partial charge in [-0.25, -0.2) is 0 Å². The van der Waals surface area contributed by atoms with Gasteiger partial charge >= 0.3 is 11.2 Å². The fourth-order valence-corrected chi connectivity index (χ4v) is 2.06. The number of alkyl halides is 2. The molecule has 0 atom stereocenters. The molecule has 0 saturated heterocycles. The average Bonchev–Trinajstić information content (AvgIpc) is 2.20. The molecule has 0 spiro atoms. The van der Waals surface area contributed by atoms with Crippen LogP contribution in [-0.4, -0.2) is 30.2 Å². The maximum atomic E-state index is 13.4. The van der Waals surface area contributed by atoms with Crippen molar-refractivity contribution in [2.45, 2.75) is 10.2 Å². The Morgan fingerprint density at radius 3 is 2.25 bits per heavy atom. The number of hydrogen-bond acceptors (Lipinski definition) is 2. The Labute approximate surface area is 105 Å². The summed E-state index contributed by atoms with van der Waals surface area (Å²) in [5.41, 5.74) is 0. The van der Waals surface area contributed by atoms with E-state index in [1.54, 1.807) is 12.1 Å². The van der Waals surface area contributed by atoms with Crippen LogP contribution in [0.15, 0.2) is 33.6 Å². The van der Waals surface area contributed by atoms with E-state index in [0.29, 0.717) is 4.90 Å². The molecule has 1 aromatic carbocycles. The number of rotatable bonds is 3. The number of halogens is 3. The summed E-state index contributed by atoms with van der Waals surface area (Å²) in [6.07, 6.45) is 0. The first-order valence-electron chi connectivity index (χ1n) is 4.37. The van der Waals surface area contributed by atoms with Gasteiger partial charge in [0.2, 0.25) is 0 Å². The zero-order valence-electron chi connectivity index (χ0n) is 8.71. The molecule has 0 radical (unpaired) electrons. The van der Waals surface area contributed by atoms with Crippen molar-refractivity contribution >= 4 is 33.6 Å². The molecule has 0 aliphatic heterocycles. The van der Waals surface area contributed by atoms with Crippen LogP contribution in [-0.2, 0) is 4.79 Å². The van der Waals surface area contributed by atoms with E-state index in [-0.39, 0.29) is 11.8 Å². The molecule has 1 rings (SSSR count). The summed E-state index contributed by atoms with van der Waals surface area (Å²) in [5.74, 6) is -1.21. The highest BCUT2D eigenvalue weighted by Gasteiger charge is 2.41. The molecular formula is C10H10BrF2NOS. The first-order chi connectivity index (χ1) is 7.33. The summed E-state index contributed by atoms with van der Waals surface area (Å²) >= 11 is 3.45. The standard InChI is InChI=1S/C10H10BrF2NOS/c1-14(2)9(15)10(12,13)16-8-5-3-7(11)4-6-8/h3-6H,1-2H3. The van der Waals surface area contributed by atoms with E-state index in [1.807, 2.05) is 0 Å². The minimum atomic E-state index is -3.43. The fraction of sp³-hybridized carbons (Fsp3) is 0.300. The zero-order chi connectivity index (χ0) is 12.3. The van der Waals surface area contributed by atoms with E-state index >= 15 is 0 Å². The number of nitrogens with zero attached hydrogens (tertiary/aromatic N) is 1. The molecule has 0 unspecified atom stereocenters. The quantitative estimate of drug-likeness (QED) is 0.799. The molecule has 0 saturated carbocycles. The van der Waals surface area contributed by atoms with Crippen LogP contribution in [0.5, 0.6) is 0 Å². The maximum Gasteiger partial charge on any atom is 0.375 e. The van der Waals surface area contributed by atoms with Crippen molar-refractivity contribution in [3.05, 3.63) is 28.7 Å². The van der Waals surface area contributed by atoms with Crippen LogP contribution in [0, 0.1) is 0 Å². The van der Waals surface area contributed by atoms with Gasteiger partial charge < -0.3 is 4.90 Å². The Morgan fingerprint density at radius 1 is 1.31 bits per heavy atom. The molecule has 0 bridgehead atoms. The second kappa shape index (κ2) is 5.14. The highest BCUT2D eigenvalue weighted by Crippen LogP contribution is 2.37. The van der Waals surface area contributed by atoms with Crippen molar-refractivity contribution in [2.24, 2.45) is 0 Å². The van der Waals surface area contributed by atoms with Gasteiger partial charge in [-0.15, -0.1) is 0 Å². The summed E-state index contributed by atoms with van der Waals surface area (Å²) < 4.78 is 27.6. The predicted molar refractivity (Wildman–Crippen MR) is 63.6 cm³/mol. The van der Waals surface area contributed by atoms with Gasteiger partial charge in [-0.05, 0) is 36.0 Å². The largest absolute Gasteiger partial charge is 0.375 e. The van der Waals surface area contributed by atoms with Crippen molar-refractivity contribution in [3.8, 4) is 0 Å². The predicted octanol–water partition coefficient (Wildman–Crippen LogP) is 3.22. The number of benzene rings is 1. The van der Waals surface area contributed by atoms with Crippen molar-refractivity contribution in [3.63, 3.8) is 0 Å². The summed E-state index contributed by atoms with van der Waals surface area (Å²) in [6, 6.07) is 6.37. The summed E-state index contributed by atoms with van der Waals surface area (Å²) in [7, 11) is 2.61. The molecule has 0 aromatic heterocycles. The average molecular weight is 310 g/mol. The third-order valence-corrected chi connectivity index (χ3v) is 3.18. The molecule has 6 heteroatoms. The smallest absolute Gasteiger partial charge is 0.343 e. The topological polar surface area (TPSA) is 20.3 Å². The Morgan fingerprint density at radius 2 is 1.81 bits per heavy atom. The summed E-state index contributed by atoms with van der Waals surface area (Å²) in [6.45, 7) is 0. The molecule has 0 aliphatic carbocycles. The van der Waals surface area contributed by atoms with Crippen molar-refractivity contribution in [2.75, 3.05) is 14.1 Å². The second-order valence-corrected chi connectivity index (χ2v) is 5.38. The second-order valence-electron chi connectivity index (χ2n) is 3.27. The minimum absolute atomic E-state index is 0.246. The summed E-state index contributed by atoms with van der Waals surface area (Å²) in [4.78, 5) is 12.4. The van der Waals surface area contributed by atoms with Gasteiger partial charge in [0.05, 0.1) is 0 Å². The lowest BCUT2D eigenvalue weighted by molar-refractivity contribution is -0.143. The maximum absolute atomic E-state index is 13.4. The highest BCUT2D eigenvalue weighted by molar-refractivity contribution is 9.10. The highest BCUT2D eigenvalue weighted by atomic mass is 79.9. The Balaban J connectivity index is 2.80. The van der Waals surface area contributed by atoms with Gasteiger partial charge in [-0.3, -0.25) is 4.79 Å². The Kier molecular flexibility index (Phi) is 4.32. The molecule has 0 aliphatic rings. The minimum Gasteiger partial charge on any atom is -0.343 e. The van der Waals surface area contributed by atoms with Crippen LogP contribution in [0.1, 0.15) is 0 Å². The van der Waals surface area contributed by atoms with Gasteiger partial charge in [0.1, 0.15) is 0 Å². The number of amides is 1. The van der Waals surface area contributed by atoms with Crippen LogP contribution in [0.4, 0.5) is 8.78 Å². The number of thioether (sulfide) groups is 1. The molecular weight excluding hydrogens is 300 g/mol. The van der Waals surface area contributed by atoms with Gasteiger partial charge in [-0.2, -0.15) is 8.78 Å². The van der Waals surface area contributed by atoms with Crippen LogP contribution >= 0.6 is 27.7 Å². The fourth-order valence-electron chi connectivity index (χ4n) is 0.955. The van der Waals surface area contributed by atoms with Crippen molar-refractivity contribution in [1.82, 2.24) is 4.90 Å². The van der Waals surface area contributed by atoms with Crippen LogP contribution in [0.25, 0.3) is 0 Å². The van der Waals surface area contributed by atoms with E-state index in [1.165, 1.54) is 26.2 Å². The lowest BCUT2D eigenvalue weighted by Crippen LogP contribution is -2.36. The van der Waals surface area contributed by atoms with Crippen molar-refractivity contribution < 1.29 is 13.6 Å². The van der Waals surface area contributed by atoms with E-state index in [9.17, 15) is 13.6 Å². The first kappa shape index (κ1) is 13.4. The molecule has 2 nitrogen and oxygen atoms in total. The molecule has 1 amide bonds. The summed E-state index contributed by atoms with van der Waals surface area (Å²) in [5, 5.41) is -3.43. The Bertz CT molecular complexity index is 381. The van der Waals surface area contributed by atoms with E-state index in [4.69, 9.17) is 0 Å². The van der Waals surface area contributed by atoms with E-state index in [0.717, 1.165) is 9.37 Å². The van der Waals surface area contributed by atoms with Gasteiger partial charge in [0.25, 0.3) is 0 Å². The third-order valence-electron chi connectivity index (χ3n) is 1.71. The number of hydrogen-bond donors (Lipinski definition) is 0. The molecule has 0 heterocycles. The Hall–Kier alpha value is -0.620. The zero-order valence-corrected chi connectivity index (χ0v) is 11.1. The number of carbonyl (C=O) groups excluding carboxylic acids is 1.